The van der Waals surface area contributed by atoms with E-state index in [0.29, 0.717) is 6.79 Å². The third kappa shape index (κ3) is 2.01. The average Bonchev–Trinajstić information content (AvgIpc) is 3.04. The van der Waals surface area contributed by atoms with Crippen LogP contribution in [0.4, 0.5) is 5.69 Å². The first-order valence-electron chi connectivity index (χ1n) is 6.14. The Hall–Kier alpha value is -2.10. The zero-order valence-corrected chi connectivity index (χ0v) is 10.3. The van der Waals surface area contributed by atoms with Crippen molar-refractivity contribution in [1.82, 2.24) is 4.57 Å². The Morgan fingerprint density at radius 2 is 2.11 bits per heavy atom. The molecule has 4 heteroatoms. The molecule has 0 aliphatic carbocycles. The van der Waals surface area contributed by atoms with E-state index < -0.39 is 0 Å². The Labute approximate surface area is 106 Å². The van der Waals surface area contributed by atoms with Crippen molar-refractivity contribution in [3.8, 4) is 11.5 Å². The molecule has 0 unspecified atom stereocenters. The minimum Gasteiger partial charge on any atom is -0.454 e. The van der Waals surface area contributed by atoms with Gasteiger partial charge in [-0.15, -0.1) is 0 Å². The molecule has 4 nitrogen and oxygen atoms in total. The monoisotopic (exact) mass is 244 g/mol. The van der Waals surface area contributed by atoms with E-state index in [2.05, 4.69) is 35.1 Å². The molecule has 1 aromatic carbocycles. The first kappa shape index (κ1) is 11.0. The van der Waals surface area contributed by atoms with Crippen LogP contribution < -0.4 is 14.8 Å². The summed E-state index contributed by atoms with van der Waals surface area (Å²) in [5.41, 5.74) is 2.32. The van der Waals surface area contributed by atoms with Gasteiger partial charge in [-0.3, -0.25) is 0 Å². The molecule has 3 rings (SSSR count). The lowest BCUT2D eigenvalue weighted by atomic mass is 10.2. The quantitative estimate of drug-likeness (QED) is 0.898. The fourth-order valence-electron chi connectivity index (χ4n) is 2.12. The summed E-state index contributed by atoms with van der Waals surface area (Å²) in [5.74, 6) is 1.63. The predicted molar refractivity (Wildman–Crippen MR) is 70.0 cm³/mol. The molecule has 1 N–H and O–H groups in total. The van der Waals surface area contributed by atoms with Gasteiger partial charge in [-0.1, -0.05) is 0 Å². The molecular weight excluding hydrogens is 228 g/mol. The van der Waals surface area contributed by atoms with E-state index in [9.17, 15) is 0 Å². The Morgan fingerprint density at radius 1 is 1.22 bits per heavy atom. The molecule has 18 heavy (non-hydrogen) atoms. The Bertz CT molecular complexity index is 548. The number of nitrogens with zero attached hydrogens (tertiary/aromatic N) is 1. The fourth-order valence-corrected chi connectivity index (χ4v) is 2.12. The minimum absolute atomic E-state index is 0.317. The number of anilines is 1. The van der Waals surface area contributed by atoms with Gasteiger partial charge in [-0.2, -0.15) is 0 Å². The van der Waals surface area contributed by atoms with Crippen LogP contribution in [0.25, 0.3) is 0 Å². The first-order chi connectivity index (χ1) is 8.86. The minimum atomic E-state index is 0.317. The molecule has 2 aromatic rings. The number of hydrogen-bond acceptors (Lipinski definition) is 3. The van der Waals surface area contributed by atoms with Gasteiger partial charge in [0.05, 0.1) is 6.54 Å². The van der Waals surface area contributed by atoms with Crippen molar-refractivity contribution >= 4 is 5.69 Å². The number of rotatable bonds is 4. The van der Waals surface area contributed by atoms with Crippen molar-refractivity contribution in [2.45, 2.75) is 20.0 Å². The maximum atomic E-state index is 5.35. The third-order valence-electron chi connectivity index (χ3n) is 3.11. The third-order valence-corrected chi connectivity index (χ3v) is 3.11. The lowest BCUT2D eigenvalue weighted by molar-refractivity contribution is 0.174. The van der Waals surface area contributed by atoms with E-state index in [1.54, 1.807) is 0 Å². The molecule has 0 saturated heterocycles. The van der Waals surface area contributed by atoms with E-state index in [1.165, 1.54) is 5.69 Å². The molecule has 1 aliphatic heterocycles. The highest BCUT2D eigenvalue weighted by atomic mass is 16.7. The standard InChI is InChI=1S/C14H16N2O2/c1-2-16-7-3-4-12(16)9-15-11-5-6-13-14(8-11)18-10-17-13/h3-8,15H,2,9-10H2,1H3. The molecule has 1 aliphatic rings. The Kier molecular flexibility index (Phi) is 2.84. The second-order valence-corrected chi connectivity index (χ2v) is 4.21. The van der Waals surface area contributed by atoms with Crippen molar-refractivity contribution in [2.24, 2.45) is 0 Å². The second-order valence-electron chi connectivity index (χ2n) is 4.21. The normalized spacial score (nSPS) is 12.7. The molecule has 94 valence electrons. The zero-order chi connectivity index (χ0) is 12.4. The van der Waals surface area contributed by atoms with Gasteiger partial charge in [-0.25, -0.2) is 0 Å². The summed E-state index contributed by atoms with van der Waals surface area (Å²) < 4.78 is 12.9. The highest BCUT2D eigenvalue weighted by molar-refractivity contribution is 5.55. The number of ether oxygens (including phenoxy) is 2. The predicted octanol–water partition coefficient (Wildman–Crippen LogP) is 2.85. The van der Waals surface area contributed by atoms with Crippen LogP contribution in [0.2, 0.25) is 0 Å². The summed E-state index contributed by atoms with van der Waals surface area (Å²) in [7, 11) is 0. The number of benzene rings is 1. The van der Waals surface area contributed by atoms with E-state index in [-0.39, 0.29) is 0 Å². The largest absolute Gasteiger partial charge is 0.454 e. The van der Waals surface area contributed by atoms with Crippen LogP contribution in [0.1, 0.15) is 12.6 Å². The van der Waals surface area contributed by atoms with Gasteiger partial charge in [0.1, 0.15) is 0 Å². The highest BCUT2D eigenvalue weighted by Gasteiger charge is 2.13. The molecular formula is C14H16N2O2. The summed E-state index contributed by atoms with van der Waals surface area (Å²) >= 11 is 0. The highest BCUT2D eigenvalue weighted by Crippen LogP contribution is 2.34. The van der Waals surface area contributed by atoms with Crippen molar-refractivity contribution in [3.05, 3.63) is 42.2 Å². The van der Waals surface area contributed by atoms with Crippen molar-refractivity contribution in [3.63, 3.8) is 0 Å². The maximum Gasteiger partial charge on any atom is 0.231 e. The molecule has 2 heterocycles. The van der Waals surface area contributed by atoms with Crippen molar-refractivity contribution in [1.29, 1.82) is 0 Å². The number of hydrogen-bond donors (Lipinski definition) is 1. The SMILES string of the molecule is CCn1cccc1CNc1ccc2c(c1)OCO2. The van der Waals surface area contributed by atoms with Crippen LogP contribution in [-0.2, 0) is 13.1 Å². The summed E-state index contributed by atoms with van der Waals surface area (Å²) in [5, 5.41) is 3.40. The molecule has 0 atom stereocenters. The summed E-state index contributed by atoms with van der Waals surface area (Å²) in [4.78, 5) is 0. The average molecular weight is 244 g/mol. The summed E-state index contributed by atoms with van der Waals surface area (Å²) in [6.07, 6.45) is 2.09. The van der Waals surface area contributed by atoms with Gasteiger partial charge in [0.15, 0.2) is 11.5 Å². The topological polar surface area (TPSA) is 35.4 Å². The van der Waals surface area contributed by atoms with Crippen LogP contribution in [0, 0.1) is 0 Å². The van der Waals surface area contributed by atoms with Gasteiger partial charge in [-0.05, 0) is 31.2 Å². The van der Waals surface area contributed by atoms with Gasteiger partial charge in [0.25, 0.3) is 0 Å². The van der Waals surface area contributed by atoms with Crippen LogP contribution in [0.5, 0.6) is 11.5 Å². The molecule has 0 radical (unpaired) electrons. The van der Waals surface area contributed by atoms with Crippen LogP contribution in [0.15, 0.2) is 36.5 Å². The van der Waals surface area contributed by atoms with Crippen molar-refractivity contribution < 1.29 is 9.47 Å². The summed E-state index contributed by atoms with van der Waals surface area (Å²) in [6.45, 7) is 4.26. The molecule has 0 saturated carbocycles. The van der Waals surface area contributed by atoms with Gasteiger partial charge in [0.2, 0.25) is 6.79 Å². The lowest BCUT2D eigenvalue weighted by Gasteiger charge is -2.09. The molecule has 0 fully saturated rings. The Morgan fingerprint density at radius 3 is 3.00 bits per heavy atom. The van der Waals surface area contributed by atoms with Crippen LogP contribution in [-0.4, -0.2) is 11.4 Å². The Balaban J connectivity index is 1.70. The van der Waals surface area contributed by atoms with Crippen LogP contribution in [0.3, 0.4) is 0 Å². The molecule has 0 spiro atoms. The van der Waals surface area contributed by atoms with Crippen LogP contribution >= 0.6 is 0 Å². The first-order valence-corrected chi connectivity index (χ1v) is 6.14. The molecule has 0 amide bonds. The molecule has 1 aromatic heterocycles. The van der Waals surface area contributed by atoms with Gasteiger partial charge in [0, 0.05) is 30.2 Å². The summed E-state index contributed by atoms with van der Waals surface area (Å²) in [6, 6.07) is 10.1. The number of aromatic nitrogens is 1. The number of aryl methyl sites for hydroxylation is 1. The van der Waals surface area contributed by atoms with Gasteiger partial charge < -0.3 is 19.4 Å². The molecule has 0 bridgehead atoms. The van der Waals surface area contributed by atoms with E-state index in [1.807, 2.05) is 18.2 Å². The number of fused-ring (bicyclic) bond motifs is 1. The van der Waals surface area contributed by atoms with E-state index >= 15 is 0 Å². The lowest BCUT2D eigenvalue weighted by Crippen LogP contribution is -2.05. The van der Waals surface area contributed by atoms with E-state index in [0.717, 1.165) is 30.3 Å². The second kappa shape index (κ2) is 4.64. The van der Waals surface area contributed by atoms with E-state index in [4.69, 9.17) is 9.47 Å². The van der Waals surface area contributed by atoms with Gasteiger partial charge >= 0.3 is 0 Å². The number of nitrogens with one attached hydrogen (secondary N) is 1. The fraction of sp³-hybridized carbons (Fsp3) is 0.286. The maximum absolute atomic E-state index is 5.35. The van der Waals surface area contributed by atoms with Crippen molar-refractivity contribution in [2.75, 3.05) is 12.1 Å². The zero-order valence-electron chi connectivity index (χ0n) is 10.3. The smallest absolute Gasteiger partial charge is 0.231 e.